The molecule has 1 aliphatic heterocycles. The maximum atomic E-state index is 9.10. The zero-order chi connectivity index (χ0) is 9.26. The van der Waals surface area contributed by atoms with Crippen molar-refractivity contribution in [2.24, 2.45) is 5.92 Å². The lowest BCUT2D eigenvalue weighted by molar-refractivity contribution is 0.0718. The highest BCUT2D eigenvalue weighted by Crippen LogP contribution is 2.35. The SMILES string of the molecule is Cc1cnc(C2OCCC2CO)s1. The van der Waals surface area contributed by atoms with Crippen LogP contribution >= 0.6 is 11.3 Å². The third kappa shape index (κ3) is 1.75. The topological polar surface area (TPSA) is 42.4 Å². The molecule has 1 N–H and O–H groups in total. The second-order valence-electron chi connectivity index (χ2n) is 3.33. The minimum atomic E-state index is 0.0312. The molecule has 4 heteroatoms. The van der Waals surface area contributed by atoms with Crippen LogP contribution in [0.2, 0.25) is 0 Å². The minimum absolute atomic E-state index is 0.0312. The van der Waals surface area contributed by atoms with Crippen LogP contribution in [0.25, 0.3) is 0 Å². The molecule has 72 valence electrons. The van der Waals surface area contributed by atoms with Crippen molar-refractivity contribution in [3.63, 3.8) is 0 Å². The molecule has 2 heterocycles. The van der Waals surface area contributed by atoms with Gasteiger partial charge in [0.2, 0.25) is 0 Å². The van der Waals surface area contributed by atoms with Gasteiger partial charge in [0.05, 0.1) is 0 Å². The van der Waals surface area contributed by atoms with Crippen molar-refractivity contribution < 1.29 is 9.84 Å². The molecule has 0 aromatic carbocycles. The molecule has 1 aliphatic rings. The summed E-state index contributed by atoms with van der Waals surface area (Å²) in [6, 6.07) is 0. The minimum Gasteiger partial charge on any atom is -0.396 e. The lowest BCUT2D eigenvalue weighted by atomic mass is 10.0. The van der Waals surface area contributed by atoms with Gasteiger partial charge in [-0.05, 0) is 13.3 Å². The van der Waals surface area contributed by atoms with Gasteiger partial charge in [0.15, 0.2) is 0 Å². The van der Waals surface area contributed by atoms with Gasteiger partial charge in [-0.1, -0.05) is 0 Å². The van der Waals surface area contributed by atoms with Gasteiger partial charge < -0.3 is 9.84 Å². The highest BCUT2D eigenvalue weighted by atomic mass is 32.1. The zero-order valence-electron chi connectivity index (χ0n) is 7.56. The van der Waals surface area contributed by atoms with E-state index in [1.807, 2.05) is 13.1 Å². The van der Waals surface area contributed by atoms with Crippen molar-refractivity contribution in [1.29, 1.82) is 0 Å². The summed E-state index contributed by atoms with van der Waals surface area (Å²) >= 11 is 1.66. The van der Waals surface area contributed by atoms with E-state index in [1.54, 1.807) is 11.3 Å². The number of aryl methyl sites for hydroxylation is 1. The van der Waals surface area contributed by atoms with Gasteiger partial charge >= 0.3 is 0 Å². The molecular weight excluding hydrogens is 186 g/mol. The van der Waals surface area contributed by atoms with Crippen LogP contribution in [0.15, 0.2) is 6.20 Å². The van der Waals surface area contributed by atoms with E-state index >= 15 is 0 Å². The van der Waals surface area contributed by atoms with Crippen molar-refractivity contribution in [3.05, 3.63) is 16.1 Å². The van der Waals surface area contributed by atoms with Crippen molar-refractivity contribution in [2.75, 3.05) is 13.2 Å². The molecule has 1 fully saturated rings. The van der Waals surface area contributed by atoms with Crippen molar-refractivity contribution >= 4 is 11.3 Å². The highest BCUT2D eigenvalue weighted by Gasteiger charge is 2.30. The molecule has 0 radical (unpaired) electrons. The van der Waals surface area contributed by atoms with Gasteiger partial charge in [0.1, 0.15) is 11.1 Å². The Labute approximate surface area is 81.4 Å². The van der Waals surface area contributed by atoms with Crippen LogP contribution < -0.4 is 0 Å². The number of hydrogen-bond acceptors (Lipinski definition) is 4. The smallest absolute Gasteiger partial charge is 0.122 e. The molecule has 1 saturated heterocycles. The highest BCUT2D eigenvalue weighted by molar-refractivity contribution is 7.11. The Morgan fingerprint density at radius 2 is 2.62 bits per heavy atom. The molecule has 13 heavy (non-hydrogen) atoms. The van der Waals surface area contributed by atoms with E-state index in [2.05, 4.69) is 4.98 Å². The first-order valence-electron chi connectivity index (χ1n) is 4.46. The number of aromatic nitrogens is 1. The maximum absolute atomic E-state index is 9.10. The van der Waals surface area contributed by atoms with Crippen molar-refractivity contribution in [2.45, 2.75) is 19.4 Å². The summed E-state index contributed by atoms with van der Waals surface area (Å²) in [5.74, 6) is 0.241. The van der Waals surface area contributed by atoms with Gasteiger partial charge in [0.25, 0.3) is 0 Å². The van der Waals surface area contributed by atoms with Crippen LogP contribution in [0.1, 0.15) is 22.4 Å². The van der Waals surface area contributed by atoms with Crippen LogP contribution in [0, 0.1) is 12.8 Å². The summed E-state index contributed by atoms with van der Waals surface area (Å²) in [6.45, 7) is 2.97. The lowest BCUT2D eigenvalue weighted by Crippen LogP contribution is -2.10. The number of aliphatic hydroxyl groups is 1. The first kappa shape index (κ1) is 9.12. The third-order valence-electron chi connectivity index (χ3n) is 2.33. The predicted molar refractivity (Wildman–Crippen MR) is 50.7 cm³/mol. The van der Waals surface area contributed by atoms with E-state index in [0.717, 1.165) is 18.0 Å². The summed E-state index contributed by atoms with van der Waals surface area (Å²) in [5, 5.41) is 10.1. The Morgan fingerprint density at radius 3 is 3.23 bits per heavy atom. The average Bonchev–Trinajstić information content (AvgIpc) is 2.71. The molecule has 0 aliphatic carbocycles. The standard InChI is InChI=1S/C9H13NO2S/c1-6-4-10-9(13-6)8-7(5-11)2-3-12-8/h4,7-8,11H,2-3,5H2,1H3. The van der Waals surface area contributed by atoms with Gasteiger partial charge in [0, 0.05) is 30.2 Å². The van der Waals surface area contributed by atoms with E-state index in [9.17, 15) is 0 Å². The van der Waals surface area contributed by atoms with Crippen LogP contribution in [0.4, 0.5) is 0 Å². The number of rotatable bonds is 2. The second-order valence-corrected chi connectivity index (χ2v) is 4.60. The van der Waals surface area contributed by atoms with Crippen LogP contribution in [-0.4, -0.2) is 23.3 Å². The summed E-state index contributed by atoms with van der Waals surface area (Å²) in [6.07, 6.45) is 2.83. The van der Waals surface area contributed by atoms with E-state index in [0.29, 0.717) is 0 Å². The zero-order valence-corrected chi connectivity index (χ0v) is 8.38. The monoisotopic (exact) mass is 199 g/mol. The van der Waals surface area contributed by atoms with Gasteiger partial charge in [-0.25, -0.2) is 4.98 Å². The number of hydrogen-bond donors (Lipinski definition) is 1. The molecule has 2 atom stereocenters. The fraction of sp³-hybridized carbons (Fsp3) is 0.667. The van der Waals surface area contributed by atoms with Gasteiger partial charge in [-0.2, -0.15) is 0 Å². The van der Waals surface area contributed by atoms with Crippen molar-refractivity contribution in [3.8, 4) is 0 Å². The Balaban J connectivity index is 2.15. The molecule has 0 spiro atoms. The fourth-order valence-electron chi connectivity index (χ4n) is 1.60. The van der Waals surface area contributed by atoms with E-state index < -0.39 is 0 Å². The number of thiazole rings is 1. The second kappa shape index (κ2) is 3.74. The summed E-state index contributed by atoms with van der Waals surface area (Å²) in [5.41, 5.74) is 0. The molecule has 2 unspecified atom stereocenters. The summed E-state index contributed by atoms with van der Waals surface area (Å²) in [7, 11) is 0. The Hall–Kier alpha value is -0.450. The third-order valence-corrected chi connectivity index (χ3v) is 3.31. The van der Waals surface area contributed by atoms with Crippen LogP contribution in [0.5, 0.6) is 0 Å². The van der Waals surface area contributed by atoms with E-state index in [-0.39, 0.29) is 18.6 Å². The quantitative estimate of drug-likeness (QED) is 0.785. The predicted octanol–water partition coefficient (Wildman–Crippen LogP) is 1.52. The molecule has 1 aromatic heterocycles. The van der Waals surface area contributed by atoms with E-state index in [1.165, 1.54) is 4.88 Å². The molecule has 0 bridgehead atoms. The Bertz CT molecular complexity index is 287. The number of nitrogens with zero attached hydrogens (tertiary/aromatic N) is 1. The van der Waals surface area contributed by atoms with Gasteiger partial charge in [-0.15, -0.1) is 11.3 Å². The molecule has 1 aromatic rings. The fourth-order valence-corrected chi connectivity index (χ4v) is 2.51. The first-order valence-corrected chi connectivity index (χ1v) is 5.27. The molecule has 3 nitrogen and oxygen atoms in total. The Kier molecular flexibility index (Phi) is 2.62. The average molecular weight is 199 g/mol. The molecule has 2 rings (SSSR count). The van der Waals surface area contributed by atoms with Crippen LogP contribution in [-0.2, 0) is 4.74 Å². The molecule has 0 amide bonds. The number of aliphatic hydroxyl groups excluding tert-OH is 1. The largest absolute Gasteiger partial charge is 0.396 e. The molecule has 0 saturated carbocycles. The van der Waals surface area contributed by atoms with Gasteiger partial charge in [-0.3, -0.25) is 0 Å². The van der Waals surface area contributed by atoms with E-state index in [4.69, 9.17) is 9.84 Å². The maximum Gasteiger partial charge on any atom is 0.122 e. The molecular formula is C9H13NO2S. The number of ether oxygens (including phenoxy) is 1. The first-order chi connectivity index (χ1) is 6.31. The van der Waals surface area contributed by atoms with Crippen molar-refractivity contribution in [1.82, 2.24) is 4.98 Å². The summed E-state index contributed by atoms with van der Waals surface area (Å²) < 4.78 is 5.54. The Morgan fingerprint density at radius 1 is 1.77 bits per heavy atom. The lowest BCUT2D eigenvalue weighted by Gasteiger charge is -2.12. The van der Waals surface area contributed by atoms with Crippen LogP contribution in [0.3, 0.4) is 0 Å². The normalized spacial score (nSPS) is 28.2. The summed E-state index contributed by atoms with van der Waals surface area (Å²) in [4.78, 5) is 5.47.